The van der Waals surface area contributed by atoms with E-state index in [1.807, 2.05) is 6.92 Å². The van der Waals surface area contributed by atoms with Gasteiger partial charge in [-0.2, -0.15) is 0 Å². The molecule has 2 aromatic carbocycles. The van der Waals surface area contributed by atoms with Crippen LogP contribution in [0.4, 0.5) is 10.1 Å². The van der Waals surface area contributed by atoms with E-state index in [0.717, 1.165) is 5.56 Å². The SMILES string of the molecule is Cc1ccc(S(N)(=O)=O)cc1NCc1ccc(O)c(F)c1. The third-order valence-corrected chi connectivity index (χ3v) is 3.94. The first-order valence-corrected chi connectivity index (χ1v) is 7.67. The van der Waals surface area contributed by atoms with Gasteiger partial charge in [0.2, 0.25) is 10.0 Å². The molecule has 0 radical (unpaired) electrons. The molecule has 7 heteroatoms. The van der Waals surface area contributed by atoms with Crippen molar-refractivity contribution in [1.29, 1.82) is 0 Å². The topological polar surface area (TPSA) is 92.4 Å². The van der Waals surface area contributed by atoms with Crippen molar-refractivity contribution >= 4 is 15.7 Å². The number of benzene rings is 2. The van der Waals surface area contributed by atoms with Crippen LogP contribution in [-0.4, -0.2) is 13.5 Å². The lowest BCUT2D eigenvalue weighted by Gasteiger charge is -2.11. The molecule has 0 aliphatic heterocycles. The van der Waals surface area contributed by atoms with Crippen molar-refractivity contribution in [3.63, 3.8) is 0 Å². The van der Waals surface area contributed by atoms with E-state index in [0.29, 0.717) is 11.3 Å². The number of primary sulfonamides is 1. The lowest BCUT2D eigenvalue weighted by molar-refractivity contribution is 0.432. The summed E-state index contributed by atoms with van der Waals surface area (Å²) >= 11 is 0. The van der Waals surface area contributed by atoms with E-state index in [4.69, 9.17) is 10.2 Å². The summed E-state index contributed by atoms with van der Waals surface area (Å²) in [7, 11) is -3.77. The standard InChI is InChI=1S/C14H15FN2O3S/c1-9-2-4-11(21(16,19)20)7-13(9)17-8-10-3-5-14(18)12(15)6-10/h2-7,17-18H,8H2,1H3,(H2,16,19,20). The highest BCUT2D eigenvalue weighted by Gasteiger charge is 2.10. The summed E-state index contributed by atoms with van der Waals surface area (Å²) in [5, 5.41) is 17.2. The molecule has 0 spiro atoms. The number of phenolic OH excluding ortho intramolecular Hbond substituents is 1. The summed E-state index contributed by atoms with van der Waals surface area (Å²) in [6.45, 7) is 2.10. The Morgan fingerprint density at radius 3 is 2.57 bits per heavy atom. The fourth-order valence-electron chi connectivity index (χ4n) is 1.83. The summed E-state index contributed by atoms with van der Waals surface area (Å²) in [6, 6.07) is 8.54. The van der Waals surface area contributed by atoms with Gasteiger partial charge in [0.1, 0.15) is 0 Å². The Hall–Kier alpha value is -2.12. The fraction of sp³-hybridized carbons (Fsp3) is 0.143. The first kappa shape index (κ1) is 15.3. The average Bonchev–Trinajstić information content (AvgIpc) is 2.40. The maximum absolute atomic E-state index is 13.2. The van der Waals surface area contributed by atoms with Crippen LogP contribution in [0, 0.1) is 12.7 Å². The number of phenols is 1. The van der Waals surface area contributed by atoms with Crippen LogP contribution in [0.3, 0.4) is 0 Å². The molecule has 0 heterocycles. The second-order valence-electron chi connectivity index (χ2n) is 4.66. The van der Waals surface area contributed by atoms with E-state index in [1.165, 1.54) is 24.3 Å². The van der Waals surface area contributed by atoms with Crippen molar-refractivity contribution in [2.75, 3.05) is 5.32 Å². The summed E-state index contributed by atoms with van der Waals surface area (Å²) < 4.78 is 35.9. The monoisotopic (exact) mass is 310 g/mol. The van der Waals surface area contributed by atoms with E-state index in [-0.39, 0.29) is 11.4 Å². The minimum atomic E-state index is -3.77. The average molecular weight is 310 g/mol. The number of hydrogen-bond donors (Lipinski definition) is 3. The molecule has 0 amide bonds. The van der Waals surface area contributed by atoms with Gasteiger partial charge in [-0.25, -0.2) is 17.9 Å². The smallest absolute Gasteiger partial charge is 0.238 e. The van der Waals surface area contributed by atoms with E-state index in [2.05, 4.69) is 5.32 Å². The molecule has 5 nitrogen and oxygen atoms in total. The summed E-state index contributed by atoms with van der Waals surface area (Å²) in [6.07, 6.45) is 0. The molecule has 0 aromatic heterocycles. The molecule has 0 unspecified atom stereocenters. The summed E-state index contributed by atoms with van der Waals surface area (Å²) in [4.78, 5) is 0.00693. The van der Waals surface area contributed by atoms with E-state index in [9.17, 15) is 12.8 Å². The lowest BCUT2D eigenvalue weighted by atomic mass is 10.1. The number of nitrogens with one attached hydrogen (secondary N) is 1. The molecule has 0 saturated heterocycles. The Labute approximate surface area is 122 Å². The highest BCUT2D eigenvalue weighted by atomic mass is 32.2. The van der Waals surface area contributed by atoms with Crippen molar-refractivity contribution in [2.24, 2.45) is 5.14 Å². The second kappa shape index (κ2) is 5.71. The molecule has 0 saturated carbocycles. The molecule has 0 bridgehead atoms. The Morgan fingerprint density at radius 2 is 1.95 bits per heavy atom. The molecule has 112 valence electrons. The van der Waals surface area contributed by atoms with Gasteiger partial charge in [-0.1, -0.05) is 12.1 Å². The summed E-state index contributed by atoms with van der Waals surface area (Å²) in [5.41, 5.74) is 2.04. The van der Waals surface area contributed by atoms with Crippen molar-refractivity contribution in [3.05, 3.63) is 53.3 Å². The van der Waals surface area contributed by atoms with Gasteiger partial charge < -0.3 is 10.4 Å². The quantitative estimate of drug-likeness (QED) is 0.806. The number of halogens is 1. The lowest BCUT2D eigenvalue weighted by Crippen LogP contribution is -2.13. The molecule has 21 heavy (non-hydrogen) atoms. The molecule has 2 aromatic rings. The molecule has 0 aliphatic rings. The van der Waals surface area contributed by atoms with E-state index < -0.39 is 21.6 Å². The zero-order chi connectivity index (χ0) is 15.6. The third kappa shape index (κ3) is 3.71. The van der Waals surface area contributed by atoms with E-state index in [1.54, 1.807) is 12.1 Å². The van der Waals surface area contributed by atoms with E-state index >= 15 is 0 Å². The molecule has 0 aliphatic carbocycles. The van der Waals surface area contributed by atoms with Gasteiger partial charge >= 0.3 is 0 Å². The maximum atomic E-state index is 13.2. The zero-order valence-corrected chi connectivity index (χ0v) is 12.1. The molecule has 2 rings (SSSR count). The first-order chi connectivity index (χ1) is 9.77. The number of aryl methyl sites for hydroxylation is 1. The van der Waals surface area contributed by atoms with Gasteiger partial charge in [0.05, 0.1) is 4.90 Å². The van der Waals surface area contributed by atoms with Gasteiger partial charge in [-0.05, 0) is 42.3 Å². The molecule has 4 N–H and O–H groups in total. The zero-order valence-electron chi connectivity index (χ0n) is 11.3. The fourth-order valence-corrected chi connectivity index (χ4v) is 2.37. The van der Waals surface area contributed by atoms with Crippen LogP contribution in [0.15, 0.2) is 41.3 Å². The number of nitrogens with two attached hydrogens (primary N) is 1. The van der Waals surface area contributed by atoms with Gasteiger partial charge in [0.25, 0.3) is 0 Å². The first-order valence-electron chi connectivity index (χ1n) is 6.12. The van der Waals surface area contributed by atoms with Crippen LogP contribution in [0.5, 0.6) is 5.75 Å². The molecular weight excluding hydrogens is 295 g/mol. The molecule has 0 atom stereocenters. The van der Waals surface area contributed by atoms with Crippen molar-refractivity contribution in [3.8, 4) is 5.75 Å². The van der Waals surface area contributed by atoms with Crippen molar-refractivity contribution in [2.45, 2.75) is 18.4 Å². The van der Waals surface area contributed by atoms with Crippen LogP contribution in [0.25, 0.3) is 0 Å². The van der Waals surface area contributed by atoms with Crippen LogP contribution in [0.1, 0.15) is 11.1 Å². The normalized spacial score (nSPS) is 11.4. The number of anilines is 1. The predicted molar refractivity (Wildman–Crippen MR) is 77.9 cm³/mol. The van der Waals surface area contributed by atoms with Gasteiger partial charge in [-0.3, -0.25) is 0 Å². The Bertz CT molecular complexity index is 776. The number of sulfonamides is 1. The minimum Gasteiger partial charge on any atom is -0.505 e. The van der Waals surface area contributed by atoms with Crippen LogP contribution in [0.2, 0.25) is 0 Å². The predicted octanol–water partition coefficient (Wildman–Crippen LogP) is 2.10. The van der Waals surface area contributed by atoms with Gasteiger partial charge in [0.15, 0.2) is 11.6 Å². The summed E-state index contributed by atoms with van der Waals surface area (Å²) in [5.74, 6) is -1.12. The maximum Gasteiger partial charge on any atom is 0.238 e. The number of aromatic hydroxyl groups is 1. The van der Waals surface area contributed by atoms with Crippen LogP contribution >= 0.6 is 0 Å². The second-order valence-corrected chi connectivity index (χ2v) is 6.22. The van der Waals surface area contributed by atoms with Gasteiger partial charge in [0, 0.05) is 12.2 Å². The Morgan fingerprint density at radius 1 is 1.24 bits per heavy atom. The highest BCUT2D eigenvalue weighted by molar-refractivity contribution is 7.89. The van der Waals surface area contributed by atoms with Crippen LogP contribution in [-0.2, 0) is 16.6 Å². The molecular formula is C14H15FN2O3S. The largest absolute Gasteiger partial charge is 0.505 e. The van der Waals surface area contributed by atoms with Gasteiger partial charge in [-0.15, -0.1) is 0 Å². The highest BCUT2D eigenvalue weighted by Crippen LogP contribution is 2.21. The van der Waals surface area contributed by atoms with Crippen molar-refractivity contribution < 1.29 is 17.9 Å². The third-order valence-electron chi connectivity index (χ3n) is 3.03. The van der Waals surface area contributed by atoms with Crippen LogP contribution < -0.4 is 10.5 Å². The number of rotatable bonds is 4. The Balaban J connectivity index is 2.21. The minimum absolute atomic E-state index is 0.00693. The molecule has 0 fully saturated rings. The van der Waals surface area contributed by atoms with Crippen molar-refractivity contribution in [1.82, 2.24) is 0 Å². The number of hydrogen-bond acceptors (Lipinski definition) is 4. The Kier molecular flexibility index (Phi) is 4.15.